The first-order valence-electron chi connectivity index (χ1n) is 12.2. The minimum atomic E-state index is 0.114. The largest absolute Gasteiger partial charge is 0.243 e. The molecule has 1 fully saturated rings. The van der Waals surface area contributed by atoms with Gasteiger partial charge in [-0.1, -0.05) is 79.4 Å². The van der Waals surface area contributed by atoms with Crippen LogP contribution in [0.1, 0.15) is 118 Å². The van der Waals surface area contributed by atoms with E-state index < -0.39 is 0 Å². The summed E-state index contributed by atoms with van der Waals surface area (Å²) in [5.41, 5.74) is 3.27. The minimum absolute atomic E-state index is 0.114. The molecule has 162 valence electrons. The van der Waals surface area contributed by atoms with Gasteiger partial charge < -0.3 is 0 Å². The van der Waals surface area contributed by atoms with Crippen molar-refractivity contribution in [2.45, 2.75) is 125 Å². The standard InChI is InChI=1S/C25H47N3/c1-9-14-17-25(8,13-5)28-23(22(11-3)26-27-28)16-15-20-19(10-2)21(20)18-24(6,7)12-4/h19-21H,9-18H2,1-8H3/t19-,20+,21-,25?/m1/s1. The van der Waals surface area contributed by atoms with E-state index in [2.05, 4.69) is 70.4 Å². The van der Waals surface area contributed by atoms with E-state index in [1.807, 2.05) is 0 Å². The topological polar surface area (TPSA) is 30.7 Å². The van der Waals surface area contributed by atoms with Crippen LogP contribution < -0.4 is 0 Å². The molecule has 1 unspecified atom stereocenters. The molecule has 1 aliphatic carbocycles. The van der Waals surface area contributed by atoms with Crippen LogP contribution in [-0.4, -0.2) is 15.0 Å². The lowest BCUT2D eigenvalue weighted by molar-refractivity contribution is 0.234. The maximum absolute atomic E-state index is 4.68. The van der Waals surface area contributed by atoms with Gasteiger partial charge in [0.2, 0.25) is 0 Å². The van der Waals surface area contributed by atoms with Gasteiger partial charge in [-0.3, -0.25) is 0 Å². The van der Waals surface area contributed by atoms with Gasteiger partial charge in [0, 0.05) is 0 Å². The Morgan fingerprint density at radius 3 is 2.18 bits per heavy atom. The molecule has 0 aliphatic heterocycles. The van der Waals surface area contributed by atoms with Crippen molar-refractivity contribution in [1.82, 2.24) is 15.0 Å². The first-order chi connectivity index (χ1) is 13.3. The molecule has 28 heavy (non-hydrogen) atoms. The zero-order valence-corrected chi connectivity index (χ0v) is 20.1. The van der Waals surface area contributed by atoms with Crippen LogP contribution in [0.3, 0.4) is 0 Å². The molecule has 0 amide bonds. The van der Waals surface area contributed by atoms with Gasteiger partial charge in [-0.25, -0.2) is 4.68 Å². The zero-order chi connectivity index (χ0) is 20.9. The molecule has 0 saturated heterocycles. The summed E-state index contributed by atoms with van der Waals surface area (Å²) in [6.07, 6.45) is 12.3. The summed E-state index contributed by atoms with van der Waals surface area (Å²) in [4.78, 5) is 0. The van der Waals surface area contributed by atoms with Gasteiger partial charge in [0.15, 0.2) is 0 Å². The second-order valence-electron chi connectivity index (χ2n) is 10.4. The van der Waals surface area contributed by atoms with Gasteiger partial charge in [-0.15, -0.1) is 5.10 Å². The van der Waals surface area contributed by atoms with Crippen molar-refractivity contribution >= 4 is 0 Å². The van der Waals surface area contributed by atoms with Crippen molar-refractivity contribution in [1.29, 1.82) is 0 Å². The van der Waals surface area contributed by atoms with E-state index in [0.29, 0.717) is 5.41 Å². The lowest BCUT2D eigenvalue weighted by Gasteiger charge is -2.30. The molecule has 0 bridgehead atoms. The Bertz CT molecular complexity index is 603. The third-order valence-electron chi connectivity index (χ3n) is 7.96. The molecule has 4 atom stereocenters. The number of hydrogen-bond acceptors (Lipinski definition) is 2. The molecule has 3 heteroatoms. The van der Waals surface area contributed by atoms with Crippen molar-refractivity contribution in [3.63, 3.8) is 0 Å². The Kier molecular flexibility index (Phi) is 8.16. The van der Waals surface area contributed by atoms with Gasteiger partial charge in [-0.2, -0.15) is 0 Å². The third kappa shape index (κ3) is 5.19. The Labute approximate surface area is 175 Å². The van der Waals surface area contributed by atoms with Gasteiger partial charge in [0.05, 0.1) is 16.9 Å². The number of aryl methyl sites for hydroxylation is 1. The van der Waals surface area contributed by atoms with Crippen molar-refractivity contribution in [3.8, 4) is 0 Å². The smallest absolute Gasteiger partial charge is 0.0856 e. The molecule has 0 radical (unpaired) electrons. The summed E-state index contributed by atoms with van der Waals surface area (Å²) in [6, 6.07) is 0. The Morgan fingerprint density at radius 2 is 1.64 bits per heavy atom. The predicted octanol–water partition coefficient (Wildman–Crippen LogP) is 7.19. The predicted molar refractivity (Wildman–Crippen MR) is 121 cm³/mol. The fourth-order valence-corrected chi connectivity index (χ4v) is 5.23. The van der Waals surface area contributed by atoms with E-state index in [-0.39, 0.29) is 5.54 Å². The van der Waals surface area contributed by atoms with Gasteiger partial charge in [0.25, 0.3) is 0 Å². The van der Waals surface area contributed by atoms with Crippen LogP contribution in [0.15, 0.2) is 0 Å². The molecule has 1 aromatic rings. The SMILES string of the molecule is CCCCC(C)(CC)n1nnc(CC)c1CC[C@H]1[C@@H](CC)[C@H]1CC(C)(C)CC. The van der Waals surface area contributed by atoms with Crippen LogP contribution in [0.25, 0.3) is 0 Å². The molecule has 1 aliphatic rings. The minimum Gasteiger partial charge on any atom is -0.243 e. The third-order valence-corrected chi connectivity index (χ3v) is 7.96. The summed E-state index contributed by atoms with van der Waals surface area (Å²) in [7, 11) is 0. The van der Waals surface area contributed by atoms with Crippen molar-refractivity contribution < 1.29 is 0 Å². The first-order valence-corrected chi connectivity index (χ1v) is 12.2. The molecule has 1 heterocycles. The van der Waals surface area contributed by atoms with Crippen LogP contribution in [-0.2, 0) is 18.4 Å². The van der Waals surface area contributed by atoms with Crippen LogP contribution >= 0.6 is 0 Å². The summed E-state index contributed by atoms with van der Waals surface area (Å²) >= 11 is 0. The van der Waals surface area contributed by atoms with Gasteiger partial charge in [-0.05, 0) is 68.6 Å². The van der Waals surface area contributed by atoms with E-state index in [4.69, 9.17) is 0 Å². The summed E-state index contributed by atoms with van der Waals surface area (Å²) in [5, 5.41) is 9.28. The normalized spacial score (nSPS) is 24.4. The average molecular weight is 390 g/mol. The van der Waals surface area contributed by atoms with E-state index in [9.17, 15) is 0 Å². The fraction of sp³-hybridized carbons (Fsp3) is 0.920. The number of rotatable bonds is 13. The van der Waals surface area contributed by atoms with E-state index >= 15 is 0 Å². The summed E-state index contributed by atoms with van der Waals surface area (Å²) in [6.45, 7) is 18.8. The Hall–Kier alpha value is -0.860. The molecule has 0 aromatic carbocycles. The zero-order valence-electron chi connectivity index (χ0n) is 20.1. The van der Waals surface area contributed by atoms with Crippen LogP contribution in [0.5, 0.6) is 0 Å². The monoisotopic (exact) mass is 389 g/mol. The fourth-order valence-electron chi connectivity index (χ4n) is 5.23. The molecule has 1 saturated carbocycles. The lowest BCUT2D eigenvalue weighted by atomic mass is 9.83. The van der Waals surface area contributed by atoms with Crippen LogP contribution in [0.2, 0.25) is 0 Å². The quantitative estimate of drug-likeness (QED) is 0.357. The molecular weight excluding hydrogens is 342 g/mol. The maximum atomic E-state index is 4.68. The Morgan fingerprint density at radius 1 is 0.929 bits per heavy atom. The van der Waals surface area contributed by atoms with Crippen LogP contribution in [0, 0.1) is 23.2 Å². The highest BCUT2D eigenvalue weighted by atomic mass is 15.5. The van der Waals surface area contributed by atoms with E-state index in [1.165, 1.54) is 56.3 Å². The molecule has 0 N–H and O–H groups in total. The Balaban J connectivity index is 2.12. The van der Waals surface area contributed by atoms with Crippen molar-refractivity contribution in [2.24, 2.45) is 23.2 Å². The number of hydrogen-bond donors (Lipinski definition) is 0. The van der Waals surface area contributed by atoms with E-state index in [0.717, 1.165) is 37.0 Å². The van der Waals surface area contributed by atoms with Crippen molar-refractivity contribution in [2.75, 3.05) is 0 Å². The van der Waals surface area contributed by atoms with Crippen LogP contribution in [0.4, 0.5) is 0 Å². The highest BCUT2D eigenvalue weighted by Gasteiger charge is 2.49. The highest BCUT2D eigenvalue weighted by molar-refractivity contribution is 5.14. The second kappa shape index (κ2) is 9.76. The molecule has 2 rings (SSSR count). The lowest BCUT2D eigenvalue weighted by Crippen LogP contribution is -2.32. The summed E-state index contributed by atoms with van der Waals surface area (Å²) in [5.74, 6) is 2.79. The number of unbranched alkanes of at least 4 members (excludes halogenated alkanes) is 1. The first kappa shape index (κ1) is 23.4. The van der Waals surface area contributed by atoms with Gasteiger partial charge in [0.1, 0.15) is 0 Å². The summed E-state index contributed by atoms with van der Waals surface area (Å²) < 4.78 is 2.33. The molecule has 0 spiro atoms. The number of aromatic nitrogens is 3. The molecule has 3 nitrogen and oxygen atoms in total. The number of nitrogens with zero attached hydrogens (tertiary/aromatic N) is 3. The molecule has 1 aromatic heterocycles. The molecular formula is C25H47N3. The maximum Gasteiger partial charge on any atom is 0.0856 e. The van der Waals surface area contributed by atoms with E-state index in [1.54, 1.807) is 0 Å². The highest BCUT2D eigenvalue weighted by Crippen LogP contribution is 2.56. The average Bonchev–Trinajstić information content (AvgIpc) is 3.16. The second-order valence-corrected chi connectivity index (χ2v) is 10.4. The van der Waals surface area contributed by atoms with Gasteiger partial charge >= 0.3 is 0 Å². The van der Waals surface area contributed by atoms with Crippen molar-refractivity contribution in [3.05, 3.63) is 11.4 Å².